The molecule has 98 valence electrons. The van der Waals surface area contributed by atoms with Gasteiger partial charge in [-0.2, -0.15) is 0 Å². The Morgan fingerprint density at radius 3 is 2.61 bits per heavy atom. The van der Waals surface area contributed by atoms with Gasteiger partial charge in [-0.25, -0.2) is 4.98 Å². The van der Waals surface area contributed by atoms with Crippen molar-refractivity contribution < 1.29 is 0 Å². The summed E-state index contributed by atoms with van der Waals surface area (Å²) in [6.07, 6.45) is 5.26. The van der Waals surface area contributed by atoms with Crippen molar-refractivity contribution in [1.29, 1.82) is 0 Å². The van der Waals surface area contributed by atoms with E-state index in [-0.39, 0.29) is 5.41 Å². The van der Waals surface area contributed by atoms with Crippen LogP contribution in [0, 0.1) is 12.3 Å². The highest BCUT2D eigenvalue weighted by molar-refractivity contribution is 5.66. The van der Waals surface area contributed by atoms with Crippen LogP contribution in [-0.2, 0) is 0 Å². The highest BCUT2D eigenvalue weighted by Gasteiger charge is 2.22. The van der Waals surface area contributed by atoms with Crippen LogP contribution >= 0.6 is 0 Å². The summed E-state index contributed by atoms with van der Waals surface area (Å²) in [5.74, 6) is 0.930. The molecule has 3 heteroatoms. The maximum atomic E-state index is 6.11. The van der Waals surface area contributed by atoms with E-state index >= 15 is 0 Å². The molecule has 0 amide bonds. The molecule has 0 aliphatic carbocycles. The largest absolute Gasteiger partial charge is 0.396 e. The van der Waals surface area contributed by atoms with Crippen molar-refractivity contribution in [2.24, 2.45) is 5.41 Å². The normalized spacial score (nSPS) is 16.7. The first-order chi connectivity index (χ1) is 8.39. The Labute approximate surface area is 110 Å². The Bertz CT molecular complexity index is 469. The molecule has 0 atom stereocenters. The number of nitrogens with zero attached hydrogens (tertiary/aromatic N) is 2. The van der Waals surface area contributed by atoms with E-state index in [1.54, 1.807) is 0 Å². The molecule has 1 aliphatic heterocycles. The SMILES string of the molecule is Cc1ccnc(N2CC=C(C(C)(C)C)CC2)c1N. The van der Waals surface area contributed by atoms with Crippen molar-refractivity contribution >= 4 is 11.5 Å². The zero-order valence-corrected chi connectivity index (χ0v) is 11.8. The molecule has 0 spiro atoms. The third-order valence-corrected chi connectivity index (χ3v) is 3.66. The zero-order valence-electron chi connectivity index (χ0n) is 11.8. The van der Waals surface area contributed by atoms with Crippen molar-refractivity contribution in [2.75, 3.05) is 23.7 Å². The molecule has 0 radical (unpaired) electrons. The standard InChI is InChI=1S/C15H23N3/c1-11-5-8-17-14(13(11)16)18-9-6-12(7-10-18)15(2,3)4/h5-6,8H,7,9-10,16H2,1-4H3. The maximum Gasteiger partial charge on any atom is 0.152 e. The van der Waals surface area contributed by atoms with Crippen molar-refractivity contribution in [3.63, 3.8) is 0 Å². The van der Waals surface area contributed by atoms with Gasteiger partial charge in [0, 0.05) is 19.3 Å². The summed E-state index contributed by atoms with van der Waals surface area (Å²) >= 11 is 0. The quantitative estimate of drug-likeness (QED) is 0.773. The molecule has 0 saturated carbocycles. The van der Waals surface area contributed by atoms with Crippen LogP contribution in [0.3, 0.4) is 0 Å². The monoisotopic (exact) mass is 245 g/mol. The molecule has 0 fully saturated rings. The van der Waals surface area contributed by atoms with Crippen LogP contribution in [0.25, 0.3) is 0 Å². The number of hydrogen-bond donors (Lipinski definition) is 1. The molecule has 1 aliphatic rings. The lowest BCUT2D eigenvalue weighted by Gasteiger charge is -2.33. The molecule has 0 aromatic carbocycles. The summed E-state index contributed by atoms with van der Waals surface area (Å²) in [6.45, 7) is 10.8. The first-order valence-corrected chi connectivity index (χ1v) is 6.55. The van der Waals surface area contributed by atoms with Crippen molar-refractivity contribution in [3.8, 4) is 0 Å². The van der Waals surface area contributed by atoms with Gasteiger partial charge in [0.25, 0.3) is 0 Å². The summed E-state index contributed by atoms with van der Waals surface area (Å²) in [4.78, 5) is 6.68. The van der Waals surface area contributed by atoms with E-state index < -0.39 is 0 Å². The number of nitrogens with two attached hydrogens (primary N) is 1. The van der Waals surface area contributed by atoms with Crippen molar-refractivity contribution in [3.05, 3.63) is 29.5 Å². The van der Waals surface area contributed by atoms with E-state index in [1.807, 2.05) is 19.2 Å². The molecule has 2 heterocycles. The Balaban J connectivity index is 2.20. The average Bonchev–Trinajstić information content (AvgIpc) is 2.32. The predicted octanol–water partition coefficient (Wildman–Crippen LogP) is 3.15. The van der Waals surface area contributed by atoms with Crippen molar-refractivity contribution in [2.45, 2.75) is 34.1 Å². The molecule has 0 saturated heterocycles. The van der Waals surface area contributed by atoms with Crippen LogP contribution in [-0.4, -0.2) is 18.1 Å². The lowest BCUT2D eigenvalue weighted by molar-refractivity contribution is 0.472. The maximum absolute atomic E-state index is 6.11. The van der Waals surface area contributed by atoms with Crippen molar-refractivity contribution in [1.82, 2.24) is 4.98 Å². The van der Waals surface area contributed by atoms with E-state index in [2.05, 4.69) is 36.7 Å². The molecule has 1 aromatic heterocycles. The number of nitrogen functional groups attached to an aromatic ring is 1. The van der Waals surface area contributed by atoms with E-state index in [0.717, 1.165) is 36.6 Å². The molecular formula is C15H23N3. The number of hydrogen-bond acceptors (Lipinski definition) is 3. The second-order valence-electron chi connectivity index (χ2n) is 6.04. The van der Waals surface area contributed by atoms with Crippen LogP contribution in [0.4, 0.5) is 11.5 Å². The second kappa shape index (κ2) is 4.63. The predicted molar refractivity (Wildman–Crippen MR) is 77.8 cm³/mol. The highest BCUT2D eigenvalue weighted by atomic mass is 15.2. The molecule has 18 heavy (non-hydrogen) atoms. The van der Waals surface area contributed by atoms with Crippen LogP contribution in [0.15, 0.2) is 23.9 Å². The molecule has 3 nitrogen and oxygen atoms in total. The lowest BCUT2D eigenvalue weighted by atomic mass is 9.83. The van der Waals surface area contributed by atoms with Crippen LogP contribution in [0.5, 0.6) is 0 Å². The Morgan fingerprint density at radius 1 is 1.33 bits per heavy atom. The van der Waals surface area contributed by atoms with Gasteiger partial charge >= 0.3 is 0 Å². The molecule has 0 bridgehead atoms. The van der Waals surface area contributed by atoms with Gasteiger partial charge in [-0.1, -0.05) is 32.4 Å². The van der Waals surface area contributed by atoms with E-state index in [9.17, 15) is 0 Å². The number of aromatic nitrogens is 1. The summed E-state index contributed by atoms with van der Waals surface area (Å²) in [6, 6.07) is 1.96. The fourth-order valence-corrected chi connectivity index (χ4v) is 2.35. The van der Waals surface area contributed by atoms with E-state index in [4.69, 9.17) is 5.73 Å². The smallest absolute Gasteiger partial charge is 0.152 e. The van der Waals surface area contributed by atoms with Gasteiger partial charge in [0.05, 0.1) is 5.69 Å². The number of pyridine rings is 1. The first kappa shape index (κ1) is 12.9. The Hall–Kier alpha value is -1.51. The van der Waals surface area contributed by atoms with Crippen LogP contribution in [0.2, 0.25) is 0 Å². The van der Waals surface area contributed by atoms with Crippen LogP contribution in [0.1, 0.15) is 32.8 Å². The average molecular weight is 245 g/mol. The minimum Gasteiger partial charge on any atom is -0.396 e. The zero-order chi connectivity index (χ0) is 13.3. The van der Waals surface area contributed by atoms with Gasteiger partial charge in [0.1, 0.15) is 0 Å². The molecule has 0 unspecified atom stereocenters. The van der Waals surface area contributed by atoms with E-state index in [0.29, 0.717) is 0 Å². The van der Waals surface area contributed by atoms with Gasteiger partial charge in [0.15, 0.2) is 5.82 Å². The molecular weight excluding hydrogens is 222 g/mol. The van der Waals surface area contributed by atoms with Gasteiger partial charge in [0.2, 0.25) is 0 Å². The second-order valence-corrected chi connectivity index (χ2v) is 6.04. The number of aryl methyl sites for hydroxylation is 1. The topological polar surface area (TPSA) is 42.2 Å². The number of anilines is 2. The minimum atomic E-state index is 0.275. The van der Waals surface area contributed by atoms with Gasteiger partial charge < -0.3 is 10.6 Å². The molecule has 2 rings (SSSR count). The summed E-state index contributed by atoms with van der Waals surface area (Å²) in [5.41, 5.74) is 9.83. The minimum absolute atomic E-state index is 0.275. The lowest BCUT2D eigenvalue weighted by Crippen LogP contribution is -2.32. The van der Waals surface area contributed by atoms with Gasteiger partial charge in [-0.15, -0.1) is 0 Å². The fraction of sp³-hybridized carbons (Fsp3) is 0.533. The van der Waals surface area contributed by atoms with Crippen LogP contribution < -0.4 is 10.6 Å². The first-order valence-electron chi connectivity index (χ1n) is 6.55. The molecule has 1 aromatic rings. The summed E-state index contributed by atoms with van der Waals surface area (Å²) < 4.78 is 0. The highest BCUT2D eigenvalue weighted by Crippen LogP contribution is 2.32. The van der Waals surface area contributed by atoms with Gasteiger partial charge in [-0.3, -0.25) is 0 Å². The summed E-state index contributed by atoms with van der Waals surface area (Å²) in [7, 11) is 0. The third-order valence-electron chi connectivity index (χ3n) is 3.66. The third kappa shape index (κ3) is 2.50. The summed E-state index contributed by atoms with van der Waals surface area (Å²) in [5, 5.41) is 0. The Morgan fingerprint density at radius 2 is 2.06 bits per heavy atom. The number of rotatable bonds is 1. The van der Waals surface area contributed by atoms with E-state index in [1.165, 1.54) is 5.57 Å². The van der Waals surface area contributed by atoms with Gasteiger partial charge in [-0.05, 0) is 30.4 Å². The molecule has 2 N–H and O–H groups in total. The fourth-order valence-electron chi connectivity index (χ4n) is 2.35. The Kier molecular flexibility index (Phi) is 3.33.